The molecule has 6 heteroatoms. The van der Waals surface area contributed by atoms with E-state index in [4.69, 9.17) is 0 Å². The van der Waals surface area contributed by atoms with Crippen LogP contribution in [0.1, 0.15) is 61.3 Å². The lowest BCUT2D eigenvalue weighted by Crippen LogP contribution is -2.37. The summed E-state index contributed by atoms with van der Waals surface area (Å²) in [6.07, 6.45) is 7.03. The number of rotatable bonds is 4. The van der Waals surface area contributed by atoms with Gasteiger partial charge < -0.3 is 9.47 Å². The monoisotopic (exact) mass is 342 g/mol. The third-order valence-corrected chi connectivity index (χ3v) is 4.86. The number of nitrogens with zero attached hydrogens (tertiary/aromatic N) is 4. The average molecular weight is 342 g/mol. The molecule has 6 nitrogen and oxygen atoms in total. The Hall–Kier alpha value is -2.37. The van der Waals surface area contributed by atoms with Gasteiger partial charge in [-0.2, -0.15) is 5.10 Å². The maximum absolute atomic E-state index is 13.2. The van der Waals surface area contributed by atoms with E-state index in [2.05, 4.69) is 15.7 Å². The van der Waals surface area contributed by atoms with Gasteiger partial charge in [0.25, 0.3) is 11.5 Å². The lowest BCUT2D eigenvalue weighted by molar-refractivity contribution is 0.0665. The molecule has 25 heavy (non-hydrogen) atoms. The van der Waals surface area contributed by atoms with E-state index in [1.807, 2.05) is 31.1 Å². The highest BCUT2D eigenvalue weighted by molar-refractivity contribution is 5.92. The Balaban J connectivity index is 1.94. The molecule has 2 aromatic heterocycles. The van der Waals surface area contributed by atoms with Gasteiger partial charge in [0, 0.05) is 38.1 Å². The van der Waals surface area contributed by atoms with Crippen LogP contribution >= 0.6 is 0 Å². The Morgan fingerprint density at radius 2 is 2.08 bits per heavy atom. The van der Waals surface area contributed by atoms with Crippen LogP contribution in [0.3, 0.4) is 0 Å². The highest BCUT2D eigenvalue weighted by Crippen LogP contribution is 2.31. The van der Waals surface area contributed by atoms with Crippen LogP contribution in [0.2, 0.25) is 0 Å². The standard InChI is InChI=1S/C19H26N4O2/c1-3-12-23-18(24)11-10-15(20-23)19(25)22-14-6-4-5-8-17(22)16-9-7-13-21(16)2/h7,9-11,13,17H,3-6,8,12,14H2,1-2H3/t17-/m0/s1. The Morgan fingerprint density at radius 1 is 1.24 bits per heavy atom. The second-order valence-corrected chi connectivity index (χ2v) is 6.69. The van der Waals surface area contributed by atoms with Crippen LogP contribution in [0, 0.1) is 0 Å². The van der Waals surface area contributed by atoms with Crippen molar-refractivity contribution in [2.75, 3.05) is 6.54 Å². The minimum Gasteiger partial charge on any atom is -0.353 e. The van der Waals surface area contributed by atoms with E-state index in [1.54, 1.807) is 6.07 Å². The van der Waals surface area contributed by atoms with Gasteiger partial charge in [0.1, 0.15) is 5.69 Å². The van der Waals surface area contributed by atoms with Crippen LogP contribution in [0.15, 0.2) is 35.3 Å². The lowest BCUT2D eigenvalue weighted by atomic mass is 10.1. The van der Waals surface area contributed by atoms with Crippen LogP contribution in [0.25, 0.3) is 0 Å². The summed E-state index contributed by atoms with van der Waals surface area (Å²) in [5, 5.41) is 4.31. The SMILES string of the molecule is CCCn1nc(C(=O)N2CCCCC[C@H]2c2cccn2C)ccc1=O. The van der Waals surface area contributed by atoms with Crippen LogP contribution in [-0.4, -0.2) is 31.7 Å². The molecule has 1 atom stereocenters. The molecule has 3 heterocycles. The van der Waals surface area contributed by atoms with Gasteiger partial charge in [-0.05, 0) is 37.5 Å². The number of hydrogen-bond donors (Lipinski definition) is 0. The van der Waals surface area contributed by atoms with Crippen molar-refractivity contribution in [3.8, 4) is 0 Å². The van der Waals surface area contributed by atoms with E-state index in [9.17, 15) is 9.59 Å². The fraction of sp³-hybridized carbons (Fsp3) is 0.526. The van der Waals surface area contributed by atoms with Crippen LogP contribution in [0.5, 0.6) is 0 Å². The van der Waals surface area contributed by atoms with Gasteiger partial charge in [-0.3, -0.25) is 9.59 Å². The number of aromatic nitrogens is 3. The molecular formula is C19H26N4O2. The number of carbonyl (C=O) groups is 1. The van der Waals surface area contributed by atoms with Crippen LogP contribution in [0.4, 0.5) is 0 Å². The largest absolute Gasteiger partial charge is 0.353 e. The first-order valence-electron chi connectivity index (χ1n) is 9.12. The summed E-state index contributed by atoms with van der Waals surface area (Å²) in [7, 11) is 2.02. The number of amides is 1. The van der Waals surface area contributed by atoms with E-state index in [-0.39, 0.29) is 17.5 Å². The van der Waals surface area contributed by atoms with Crippen molar-refractivity contribution < 1.29 is 4.79 Å². The first-order valence-corrected chi connectivity index (χ1v) is 9.12. The molecule has 1 fully saturated rings. The average Bonchev–Trinajstić information content (AvgIpc) is 2.89. The second kappa shape index (κ2) is 7.68. The third kappa shape index (κ3) is 3.67. The Labute approximate surface area is 148 Å². The number of likely N-dealkylation sites (tertiary alicyclic amines) is 1. The molecule has 1 aliphatic heterocycles. The molecule has 1 saturated heterocycles. The molecule has 0 unspecified atom stereocenters. The third-order valence-electron chi connectivity index (χ3n) is 4.86. The summed E-state index contributed by atoms with van der Waals surface area (Å²) in [4.78, 5) is 27.0. The van der Waals surface area contributed by atoms with E-state index < -0.39 is 0 Å². The van der Waals surface area contributed by atoms with Gasteiger partial charge in [0.15, 0.2) is 0 Å². The van der Waals surface area contributed by atoms with E-state index in [0.717, 1.165) is 44.3 Å². The lowest BCUT2D eigenvalue weighted by Gasteiger charge is -2.30. The smallest absolute Gasteiger partial charge is 0.274 e. The molecule has 2 aromatic rings. The zero-order valence-electron chi connectivity index (χ0n) is 15.0. The Kier molecular flexibility index (Phi) is 5.36. The summed E-state index contributed by atoms with van der Waals surface area (Å²) in [6, 6.07) is 7.17. The first-order chi connectivity index (χ1) is 12.1. The van der Waals surface area contributed by atoms with E-state index >= 15 is 0 Å². The van der Waals surface area contributed by atoms with Crippen molar-refractivity contribution in [1.82, 2.24) is 19.2 Å². The fourth-order valence-corrected chi connectivity index (χ4v) is 3.56. The van der Waals surface area contributed by atoms with Crippen molar-refractivity contribution >= 4 is 5.91 Å². The molecule has 0 saturated carbocycles. The molecule has 0 aliphatic carbocycles. The fourth-order valence-electron chi connectivity index (χ4n) is 3.56. The van der Waals surface area contributed by atoms with Crippen molar-refractivity contribution in [1.29, 1.82) is 0 Å². The zero-order valence-corrected chi connectivity index (χ0v) is 15.0. The predicted octanol–water partition coefficient (Wildman–Crippen LogP) is 2.75. The van der Waals surface area contributed by atoms with Gasteiger partial charge in [0.2, 0.25) is 0 Å². The van der Waals surface area contributed by atoms with Gasteiger partial charge in [-0.15, -0.1) is 0 Å². The molecule has 134 valence electrons. The summed E-state index contributed by atoms with van der Waals surface area (Å²) in [5.41, 5.74) is 1.35. The molecule has 0 aromatic carbocycles. The maximum Gasteiger partial charge on any atom is 0.274 e. The first kappa shape index (κ1) is 17.5. The van der Waals surface area contributed by atoms with Gasteiger partial charge >= 0.3 is 0 Å². The molecule has 3 rings (SSSR count). The normalized spacial score (nSPS) is 18.2. The summed E-state index contributed by atoms with van der Waals surface area (Å²) in [5.74, 6) is -0.0852. The van der Waals surface area contributed by atoms with Crippen LogP contribution < -0.4 is 5.56 Å². The Morgan fingerprint density at radius 3 is 2.80 bits per heavy atom. The zero-order chi connectivity index (χ0) is 17.8. The number of carbonyl (C=O) groups excluding carboxylic acids is 1. The van der Waals surface area contributed by atoms with Gasteiger partial charge in [0.05, 0.1) is 6.04 Å². The molecule has 0 N–H and O–H groups in total. The van der Waals surface area contributed by atoms with Crippen molar-refractivity contribution in [2.45, 2.75) is 51.6 Å². The number of aryl methyl sites for hydroxylation is 2. The van der Waals surface area contributed by atoms with Crippen LogP contribution in [-0.2, 0) is 13.6 Å². The summed E-state index contributed by atoms with van der Waals surface area (Å²) >= 11 is 0. The van der Waals surface area contributed by atoms with Gasteiger partial charge in [-0.25, -0.2) is 4.68 Å². The molecule has 0 spiro atoms. The molecule has 1 aliphatic rings. The molecular weight excluding hydrogens is 316 g/mol. The van der Waals surface area contributed by atoms with Crippen molar-refractivity contribution in [3.63, 3.8) is 0 Å². The maximum atomic E-state index is 13.2. The number of hydrogen-bond acceptors (Lipinski definition) is 3. The minimum atomic E-state index is -0.159. The molecule has 1 amide bonds. The highest BCUT2D eigenvalue weighted by atomic mass is 16.2. The Bertz CT molecular complexity index is 793. The quantitative estimate of drug-likeness (QED) is 0.858. The van der Waals surface area contributed by atoms with Gasteiger partial charge in [-0.1, -0.05) is 19.8 Å². The topological polar surface area (TPSA) is 60.1 Å². The second-order valence-electron chi connectivity index (χ2n) is 6.69. The summed E-state index contributed by atoms with van der Waals surface area (Å²) < 4.78 is 3.48. The van der Waals surface area contributed by atoms with E-state index in [1.165, 1.54) is 10.7 Å². The predicted molar refractivity (Wildman–Crippen MR) is 96.4 cm³/mol. The summed E-state index contributed by atoms with van der Waals surface area (Å²) in [6.45, 7) is 3.24. The molecule has 0 radical (unpaired) electrons. The van der Waals surface area contributed by atoms with E-state index in [0.29, 0.717) is 12.2 Å². The molecule has 0 bridgehead atoms. The van der Waals surface area contributed by atoms with Crippen molar-refractivity contribution in [3.05, 3.63) is 52.2 Å². The highest BCUT2D eigenvalue weighted by Gasteiger charge is 2.29. The van der Waals surface area contributed by atoms with Crippen molar-refractivity contribution in [2.24, 2.45) is 7.05 Å². The minimum absolute atomic E-state index is 0.0587.